The van der Waals surface area contributed by atoms with Crippen LogP contribution in [0.3, 0.4) is 0 Å². The maximum atomic E-state index is 11.9. The number of rotatable bonds is 7. The van der Waals surface area contributed by atoms with Gasteiger partial charge < -0.3 is 10.6 Å². The first kappa shape index (κ1) is 16.5. The molecule has 4 heteroatoms. The molecular weight excluding hydrogens is 296 g/mol. The van der Waals surface area contributed by atoms with E-state index >= 15 is 0 Å². The van der Waals surface area contributed by atoms with Gasteiger partial charge in [-0.15, -0.1) is 0 Å². The van der Waals surface area contributed by atoms with Gasteiger partial charge in [0.05, 0.1) is 0 Å². The molecule has 22 heavy (non-hydrogen) atoms. The van der Waals surface area contributed by atoms with E-state index in [9.17, 15) is 4.79 Å². The second-order valence-corrected chi connectivity index (χ2v) is 5.68. The van der Waals surface area contributed by atoms with Crippen LogP contribution in [0.1, 0.15) is 17.5 Å². The summed E-state index contributed by atoms with van der Waals surface area (Å²) in [4.78, 5) is 11.9. The summed E-state index contributed by atoms with van der Waals surface area (Å²) in [7, 11) is 0. The number of hydrogen-bond acceptors (Lipinski definition) is 2. The Bertz CT molecular complexity index is 614. The molecule has 0 fully saturated rings. The zero-order valence-corrected chi connectivity index (χ0v) is 13.5. The highest BCUT2D eigenvalue weighted by molar-refractivity contribution is 6.30. The number of anilines is 1. The second kappa shape index (κ2) is 8.57. The molecule has 0 atom stereocenters. The normalized spacial score (nSPS) is 10.5. The number of halogens is 1. The molecule has 2 N–H and O–H groups in total. The predicted molar refractivity (Wildman–Crippen MR) is 92.5 cm³/mol. The van der Waals surface area contributed by atoms with E-state index in [1.807, 2.05) is 37.3 Å². The molecule has 116 valence electrons. The van der Waals surface area contributed by atoms with E-state index in [1.54, 1.807) is 6.07 Å². The maximum absolute atomic E-state index is 11.9. The highest BCUT2D eigenvalue weighted by Gasteiger charge is 2.04. The van der Waals surface area contributed by atoms with Crippen molar-refractivity contribution in [1.29, 1.82) is 0 Å². The monoisotopic (exact) mass is 316 g/mol. The first-order valence-electron chi connectivity index (χ1n) is 7.46. The fourth-order valence-electron chi connectivity index (χ4n) is 2.18. The summed E-state index contributed by atoms with van der Waals surface area (Å²) < 4.78 is 0. The molecule has 0 aromatic heterocycles. The van der Waals surface area contributed by atoms with Gasteiger partial charge in [-0.2, -0.15) is 0 Å². The zero-order valence-electron chi connectivity index (χ0n) is 12.7. The average molecular weight is 317 g/mol. The molecule has 0 bridgehead atoms. The zero-order chi connectivity index (χ0) is 15.8. The molecule has 0 heterocycles. The van der Waals surface area contributed by atoms with E-state index in [2.05, 4.69) is 22.8 Å². The van der Waals surface area contributed by atoms with Crippen LogP contribution >= 0.6 is 11.6 Å². The van der Waals surface area contributed by atoms with E-state index in [0.717, 1.165) is 24.2 Å². The van der Waals surface area contributed by atoms with Gasteiger partial charge in [-0.1, -0.05) is 41.9 Å². The van der Waals surface area contributed by atoms with Crippen molar-refractivity contribution in [1.82, 2.24) is 5.32 Å². The van der Waals surface area contributed by atoms with Crippen LogP contribution in [-0.4, -0.2) is 19.0 Å². The Morgan fingerprint density at radius 3 is 2.59 bits per heavy atom. The fourth-order valence-corrected chi connectivity index (χ4v) is 2.41. The number of benzene rings is 2. The van der Waals surface area contributed by atoms with Crippen molar-refractivity contribution >= 4 is 23.2 Å². The first-order chi connectivity index (χ1) is 10.6. The Morgan fingerprint density at radius 1 is 1.09 bits per heavy atom. The molecule has 3 nitrogen and oxygen atoms in total. The molecule has 0 aliphatic carbocycles. The van der Waals surface area contributed by atoms with Gasteiger partial charge >= 0.3 is 0 Å². The quantitative estimate of drug-likeness (QED) is 0.763. The maximum Gasteiger partial charge on any atom is 0.225 e. The second-order valence-electron chi connectivity index (χ2n) is 5.24. The van der Waals surface area contributed by atoms with Gasteiger partial charge in [-0.25, -0.2) is 0 Å². The van der Waals surface area contributed by atoms with Crippen molar-refractivity contribution in [3.8, 4) is 0 Å². The van der Waals surface area contributed by atoms with Crippen LogP contribution in [-0.2, 0) is 11.2 Å². The predicted octanol–water partition coefficient (Wildman–Crippen LogP) is 3.81. The van der Waals surface area contributed by atoms with E-state index in [1.165, 1.54) is 5.56 Å². The van der Waals surface area contributed by atoms with Crippen molar-refractivity contribution in [3.63, 3.8) is 0 Å². The van der Waals surface area contributed by atoms with Crippen LogP contribution in [0.4, 0.5) is 5.69 Å². The Hall–Kier alpha value is -1.84. The van der Waals surface area contributed by atoms with E-state index in [4.69, 9.17) is 11.6 Å². The number of carbonyl (C=O) groups excluding carboxylic acids is 1. The summed E-state index contributed by atoms with van der Waals surface area (Å²) in [5.41, 5.74) is 3.09. The van der Waals surface area contributed by atoms with Gasteiger partial charge in [0.2, 0.25) is 5.91 Å². The van der Waals surface area contributed by atoms with Gasteiger partial charge in [0.25, 0.3) is 0 Å². The third-order valence-corrected chi connectivity index (χ3v) is 3.66. The Balaban J connectivity index is 1.65. The molecule has 0 aliphatic rings. The molecule has 2 rings (SSSR count). The van der Waals surface area contributed by atoms with Crippen molar-refractivity contribution in [2.45, 2.75) is 19.8 Å². The van der Waals surface area contributed by atoms with Crippen LogP contribution in [0.25, 0.3) is 0 Å². The minimum absolute atomic E-state index is 0.0117. The van der Waals surface area contributed by atoms with Crippen molar-refractivity contribution < 1.29 is 4.79 Å². The molecular formula is C18H21ClN2O. The number of hydrogen-bond donors (Lipinski definition) is 2. The third kappa shape index (κ3) is 5.51. The first-order valence-corrected chi connectivity index (χ1v) is 7.83. The summed E-state index contributed by atoms with van der Waals surface area (Å²) in [6.07, 6.45) is 1.43. The van der Waals surface area contributed by atoms with Gasteiger partial charge in [0, 0.05) is 23.7 Å². The minimum Gasteiger partial charge on any atom is -0.326 e. The van der Waals surface area contributed by atoms with Crippen LogP contribution in [0.15, 0.2) is 48.5 Å². The smallest absolute Gasteiger partial charge is 0.225 e. The summed E-state index contributed by atoms with van der Waals surface area (Å²) >= 11 is 5.90. The van der Waals surface area contributed by atoms with E-state index < -0.39 is 0 Å². The van der Waals surface area contributed by atoms with Crippen LogP contribution in [0.2, 0.25) is 5.02 Å². The molecule has 2 aromatic carbocycles. The molecule has 0 radical (unpaired) electrons. The molecule has 0 saturated heterocycles. The Labute approximate surface area is 136 Å². The lowest BCUT2D eigenvalue weighted by molar-refractivity contribution is -0.116. The lowest BCUT2D eigenvalue weighted by Gasteiger charge is -2.09. The highest BCUT2D eigenvalue weighted by atomic mass is 35.5. The Kier molecular flexibility index (Phi) is 6.44. The van der Waals surface area contributed by atoms with Crippen molar-refractivity contribution in [2.75, 3.05) is 18.4 Å². The molecule has 0 saturated carbocycles. The molecule has 2 aromatic rings. The number of amides is 1. The van der Waals surface area contributed by atoms with Gasteiger partial charge in [0.1, 0.15) is 0 Å². The SMILES string of the molecule is Cc1cc(Cl)ccc1NC(=O)CCNCCc1ccccc1. The van der Waals surface area contributed by atoms with E-state index in [0.29, 0.717) is 18.0 Å². The molecule has 0 spiro atoms. The number of aryl methyl sites for hydroxylation is 1. The summed E-state index contributed by atoms with van der Waals surface area (Å²) in [6.45, 7) is 3.47. The Morgan fingerprint density at radius 2 is 1.86 bits per heavy atom. The average Bonchev–Trinajstić information content (AvgIpc) is 2.51. The summed E-state index contributed by atoms with van der Waals surface area (Å²) in [6, 6.07) is 15.8. The van der Waals surface area contributed by atoms with Crippen LogP contribution in [0, 0.1) is 6.92 Å². The van der Waals surface area contributed by atoms with E-state index in [-0.39, 0.29) is 5.91 Å². The molecule has 1 amide bonds. The van der Waals surface area contributed by atoms with Crippen LogP contribution in [0.5, 0.6) is 0 Å². The molecule has 0 unspecified atom stereocenters. The largest absolute Gasteiger partial charge is 0.326 e. The van der Waals surface area contributed by atoms with Gasteiger partial charge in [-0.3, -0.25) is 4.79 Å². The number of nitrogens with one attached hydrogen (secondary N) is 2. The lowest BCUT2D eigenvalue weighted by Crippen LogP contribution is -2.23. The standard InChI is InChI=1S/C18H21ClN2O/c1-14-13-16(19)7-8-17(14)21-18(22)10-12-20-11-9-15-5-3-2-4-6-15/h2-8,13,20H,9-12H2,1H3,(H,21,22). The minimum atomic E-state index is 0.0117. The number of carbonyl (C=O) groups is 1. The topological polar surface area (TPSA) is 41.1 Å². The highest BCUT2D eigenvalue weighted by Crippen LogP contribution is 2.19. The van der Waals surface area contributed by atoms with Gasteiger partial charge in [-0.05, 0) is 49.2 Å². The molecule has 0 aliphatic heterocycles. The summed E-state index contributed by atoms with van der Waals surface area (Å²) in [5, 5.41) is 6.88. The van der Waals surface area contributed by atoms with Crippen molar-refractivity contribution in [3.05, 3.63) is 64.7 Å². The lowest BCUT2D eigenvalue weighted by atomic mass is 10.1. The van der Waals surface area contributed by atoms with Crippen LogP contribution < -0.4 is 10.6 Å². The fraction of sp³-hybridized carbons (Fsp3) is 0.278. The summed E-state index contributed by atoms with van der Waals surface area (Å²) in [5.74, 6) is 0.0117. The van der Waals surface area contributed by atoms with Crippen molar-refractivity contribution in [2.24, 2.45) is 0 Å². The van der Waals surface area contributed by atoms with Gasteiger partial charge in [0.15, 0.2) is 0 Å². The third-order valence-electron chi connectivity index (χ3n) is 3.42.